The van der Waals surface area contributed by atoms with E-state index in [0.717, 1.165) is 5.56 Å². The van der Waals surface area contributed by atoms with Crippen LogP contribution in [-0.2, 0) is 16.0 Å². The number of carbonyl (C=O) groups excluding carboxylic acids is 1. The third-order valence-electron chi connectivity index (χ3n) is 1.94. The first-order valence-electron chi connectivity index (χ1n) is 4.44. The number of methoxy groups -OCH3 is 1. The minimum absolute atomic E-state index is 0.359. The fraction of sp³-hybridized carbons (Fsp3) is 0.300. The van der Waals surface area contributed by atoms with E-state index in [4.69, 9.17) is 5.53 Å². The zero-order valence-corrected chi connectivity index (χ0v) is 8.33. The molecular formula is C10H11N3O2. The van der Waals surface area contributed by atoms with Crippen molar-refractivity contribution in [3.05, 3.63) is 46.3 Å². The number of benzene rings is 1. The Labute approximate surface area is 87.3 Å². The number of carbonyl (C=O) groups is 1. The molecule has 0 aliphatic carbocycles. The molecule has 0 heterocycles. The summed E-state index contributed by atoms with van der Waals surface area (Å²) in [5, 5.41) is 3.40. The SMILES string of the molecule is COC(=O)[C@H](Cc1ccccc1)N=[N+]=[N-]. The van der Waals surface area contributed by atoms with Crippen LogP contribution in [0.1, 0.15) is 5.56 Å². The zero-order chi connectivity index (χ0) is 11.1. The predicted octanol–water partition coefficient (Wildman–Crippen LogP) is 2.08. The van der Waals surface area contributed by atoms with E-state index in [1.54, 1.807) is 0 Å². The maximum atomic E-state index is 11.2. The molecule has 0 aromatic heterocycles. The van der Waals surface area contributed by atoms with E-state index in [-0.39, 0.29) is 0 Å². The Hall–Kier alpha value is -2.00. The molecule has 15 heavy (non-hydrogen) atoms. The van der Waals surface area contributed by atoms with Gasteiger partial charge in [0.25, 0.3) is 0 Å². The Bertz CT molecular complexity index is 372. The van der Waals surface area contributed by atoms with Gasteiger partial charge in [0.15, 0.2) is 0 Å². The number of hydrogen-bond donors (Lipinski definition) is 0. The van der Waals surface area contributed by atoms with E-state index in [1.807, 2.05) is 30.3 Å². The average molecular weight is 205 g/mol. The Morgan fingerprint density at radius 2 is 2.20 bits per heavy atom. The molecule has 1 rings (SSSR count). The van der Waals surface area contributed by atoms with Gasteiger partial charge in [0.2, 0.25) is 0 Å². The van der Waals surface area contributed by atoms with Gasteiger partial charge in [-0.25, -0.2) is 0 Å². The highest BCUT2D eigenvalue weighted by Gasteiger charge is 2.17. The average Bonchev–Trinajstić information content (AvgIpc) is 2.29. The molecular weight excluding hydrogens is 194 g/mol. The van der Waals surface area contributed by atoms with Gasteiger partial charge in [0, 0.05) is 4.91 Å². The van der Waals surface area contributed by atoms with Crippen molar-refractivity contribution in [1.29, 1.82) is 0 Å². The normalized spacial score (nSPS) is 11.3. The van der Waals surface area contributed by atoms with Gasteiger partial charge in [0.1, 0.15) is 6.04 Å². The summed E-state index contributed by atoms with van der Waals surface area (Å²) in [5.41, 5.74) is 9.24. The largest absolute Gasteiger partial charge is 0.469 e. The van der Waals surface area contributed by atoms with Crippen molar-refractivity contribution in [1.82, 2.24) is 0 Å². The van der Waals surface area contributed by atoms with Gasteiger partial charge in [0.05, 0.1) is 7.11 Å². The summed E-state index contributed by atoms with van der Waals surface area (Å²) >= 11 is 0. The monoisotopic (exact) mass is 205 g/mol. The fourth-order valence-corrected chi connectivity index (χ4v) is 1.21. The summed E-state index contributed by atoms with van der Waals surface area (Å²) in [6, 6.07) is 8.54. The van der Waals surface area contributed by atoms with E-state index in [1.165, 1.54) is 7.11 Å². The second-order valence-corrected chi connectivity index (χ2v) is 2.93. The van der Waals surface area contributed by atoms with Crippen molar-refractivity contribution in [3.8, 4) is 0 Å². The molecule has 5 nitrogen and oxygen atoms in total. The van der Waals surface area contributed by atoms with Crippen LogP contribution in [0.2, 0.25) is 0 Å². The molecule has 1 aromatic carbocycles. The van der Waals surface area contributed by atoms with E-state index < -0.39 is 12.0 Å². The number of rotatable bonds is 4. The van der Waals surface area contributed by atoms with Crippen molar-refractivity contribution in [3.63, 3.8) is 0 Å². The quantitative estimate of drug-likeness (QED) is 0.326. The maximum Gasteiger partial charge on any atom is 0.314 e. The molecule has 0 fully saturated rings. The Balaban J connectivity index is 2.75. The lowest BCUT2D eigenvalue weighted by atomic mass is 10.1. The number of ether oxygens (including phenoxy) is 1. The molecule has 0 amide bonds. The number of esters is 1. The van der Waals surface area contributed by atoms with Crippen LogP contribution in [0, 0.1) is 0 Å². The van der Waals surface area contributed by atoms with Gasteiger partial charge in [-0.05, 0) is 17.5 Å². The second-order valence-electron chi connectivity index (χ2n) is 2.93. The zero-order valence-electron chi connectivity index (χ0n) is 8.33. The smallest absolute Gasteiger partial charge is 0.314 e. The minimum atomic E-state index is -0.789. The molecule has 0 N–H and O–H groups in total. The molecule has 0 saturated heterocycles. The first kappa shape index (κ1) is 11.1. The van der Waals surface area contributed by atoms with E-state index in [9.17, 15) is 4.79 Å². The molecule has 0 radical (unpaired) electrons. The van der Waals surface area contributed by atoms with Crippen LogP contribution in [0.25, 0.3) is 10.4 Å². The van der Waals surface area contributed by atoms with Crippen molar-refractivity contribution in [2.75, 3.05) is 7.11 Å². The molecule has 0 aliphatic heterocycles. The van der Waals surface area contributed by atoms with Gasteiger partial charge in [-0.15, -0.1) is 0 Å². The third-order valence-corrected chi connectivity index (χ3v) is 1.94. The van der Waals surface area contributed by atoms with Crippen molar-refractivity contribution in [2.45, 2.75) is 12.5 Å². The van der Waals surface area contributed by atoms with Crippen molar-refractivity contribution in [2.24, 2.45) is 5.11 Å². The third kappa shape index (κ3) is 3.32. The topological polar surface area (TPSA) is 75.1 Å². The lowest BCUT2D eigenvalue weighted by Crippen LogP contribution is -2.22. The molecule has 0 unspecified atom stereocenters. The van der Waals surface area contributed by atoms with Crippen LogP contribution in [0.5, 0.6) is 0 Å². The molecule has 5 heteroatoms. The fourth-order valence-electron chi connectivity index (χ4n) is 1.21. The van der Waals surface area contributed by atoms with E-state index in [2.05, 4.69) is 14.8 Å². The molecule has 78 valence electrons. The molecule has 0 saturated carbocycles. The van der Waals surface area contributed by atoms with E-state index in [0.29, 0.717) is 6.42 Å². The van der Waals surface area contributed by atoms with Crippen LogP contribution >= 0.6 is 0 Å². The summed E-state index contributed by atoms with van der Waals surface area (Å²) in [6.45, 7) is 0. The highest BCUT2D eigenvalue weighted by molar-refractivity contribution is 5.76. The number of nitrogens with zero attached hydrogens (tertiary/aromatic N) is 3. The van der Waals surface area contributed by atoms with E-state index >= 15 is 0 Å². The summed E-state index contributed by atoms with van der Waals surface area (Å²) < 4.78 is 4.53. The maximum absolute atomic E-state index is 11.2. The van der Waals surface area contributed by atoms with Crippen LogP contribution in [0.15, 0.2) is 35.4 Å². The van der Waals surface area contributed by atoms with Gasteiger partial charge in [-0.1, -0.05) is 35.4 Å². The van der Waals surface area contributed by atoms with Crippen molar-refractivity contribution >= 4 is 5.97 Å². The van der Waals surface area contributed by atoms with Gasteiger partial charge >= 0.3 is 5.97 Å². The minimum Gasteiger partial charge on any atom is -0.469 e. The van der Waals surface area contributed by atoms with Crippen LogP contribution in [-0.4, -0.2) is 19.1 Å². The van der Waals surface area contributed by atoms with Gasteiger partial charge in [-0.2, -0.15) is 0 Å². The number of hydrogen-bond acceptors (Lipinski definition) is 3. The standard InChI is InChI=1S/C10H11N3O2/c1-15-10(14)9(12-13-11)7-8-5-3-2-4-6-8/h2-6,9H,7H2,1H3/t9-/m0/s1. The summed E-state index contributed by atoms with van der Waals surface area (Å²) in [6.07, 6.45) is 0.359. The predicted molar refractivity (Wildman–Crippen MR) is 55.1 cm³/mol. The van der Waals surface area contributed by atoms with Gasteiger partial charge in [-0.3, -0.25) is 4.79 Å². The van der Waals surface area contributed by atoms with Crippen LogP contribution in [0.4, 0.5) is 0 Å². The summed E-state index contributed by atoms with van der Waals surface area (Å²) in [4.78, 5) is 13.8. The van der Waals surface area contributed by atoms with Crippen LogP contribution in [0.3, 0.4) is 0 Å². The van der Waals surface area contributed by atoms with Crippen molar-refractivity contribution < 1.29 is 9.53 Å². The number of azide groups is 1. The molecule has 0 bridgehead atoms. The highest BCUT2D eigenvalue weighted by atomic mass is 16.5. The molecule has 0 aliphatic rings. The van der Waals surface area contributed by atoms with Gasteiger partial charge < -0.3 is 4.74 Å². The van der Waals surface area contributed by atoms with Crippen LogP contribution < -0.4 is 0 Å². The lowest BCUT2D eigenvalue weighted by Gasteiger charge is -2.08. The Kier molecular flexibility index (Phi) is 4.19. The Morgan fingerprint density at radius 3 is 2.73 bits per heavy atom. The summed E-state index contributed by atoms with van der Waals surface area (Å²) in [5.74, 6) is -0.517. The first-order chi connectivity index (χ1) is 7.27. The first-order valence-corrected chi connectivity index (χ1v) is 4.44. The molecule has 1 aromatic rings. The Morgan fingerprint density at radius 1 is 1.53 bits per heavy atom. The lowest BCUT2D eigenvalue weighted by molar-refractivity contribution is -0.142. The highest BCUT2D eigenvalue weighted by Crippen LogP contribution is 2.07. The molecule has 1 atom stereocenters. The molecule has 0 spiro atoms. The summed E-state index contributed by atoms with van der Waals surface area (Å²) in [7, 11) is 1.27. The second kappa shape index (κ2) is 5.67.